The van der Waals surface area contributed by atoms with Gasteiger partial charge in [-0.2, -0.15) is 0 Å². The maximum Gasteiger partial charge on any atom is 0.124 e. The molecule has 1 aromatic rings. The second-order valence-electron chi connectivity index (χ2n) is 4.66. The number of halogens is 2. The Balaban J connectivity index is 2.04. The molecule has 1 heterocycles. The SMILES string of the molecule is NNC(Cc1ccc(F)cc1Br)C1CCOCC1. The van der Waals surface area contributed by atoms with Crippen LogP contribution in [-0.4, -0.2) is 19.3 Å². The third-order valence-electron chi connectivity index (χ3n) is 3.50. The summed E-state index contributed by atoms with van der Waals surface area (Å²) in [6, 6.07) is 4.99. The van der Waals surface area contributed by atoms with E-state index in [-0.39, 0.29) is 11.9 Å². The molecule has 0 bridgehead atoms. The van der Waals surface area contributed by atoms with E-state index in [2.05, 4.69) is 21.4 Å². The third-order valence-corrected chi connectivity index (χ3v) is 4.24. The molecule has 1 unspecified atom stereocenters. The van der Waals surface area contributed by atoms with Gasteiger partial charge in [-0.15, -0.1) is 0 Å². The summed E-state index contributed by atoms with van der Waals surface area (Å²) in [5.41, 5.74) is 3.97. The van der Waals surface area contributed by atoms with Crippen LogP contribution in [0.1, 0.15) is 18.4 Å². The fourth-order valence-corrected chi connectivity index (χ4v) is 2.92. The van der Waals surface area contributed by atoms with Crippen LogP contribution in [0.5, 0.6) is 0 Å². The Morgan fingerprint density at radius 3 is 2.78 bits per heavy atom. The van der Waals surface area contributed by atoms with E-state index in [1.807, 2.05) is 6.07 Å². The number of nitrogens with one attached hydrogen (secondary N) is 1. The molecule has 1 aromatic carbocycles. The summed E-state index contributed by atoms with van der Waals surface area (Å²) in [5, 5.41) is 0. The molecular weight excluding hydrogens is 299 g/mol. The monoisotopic (exact) mass is 316 g/mol. The van der Waals surface area contributed by atoms with Crippen molar-refractivity contribution in [2.24, 2.45) is 11.8 Å². The van der Waals surface area contributed by atoms with E-state index in [0.29, 0.717) is 5.92 Å². The van der Waals surface area contributed by atoms with Gasteiger partial charge in [-0.3, -0.25) is 11.3 Å². The number of hydrogen-bond acceptors (Lipinski definition) is 3. The molecule has 1 aliphatic heterocycles. The van der Waals surface area contributed by atoms with Crippen LogP contribution in [0.4, 0.5) is 4.39 Å². The summed E-state index contributed by atoms with van der Waals surface area (Å²) < 4.78 is 19.2. The Morgan fingerprint density at radius 1 is 1.44 bits per heavy atom. The van der Waals surface area contributed by atoms with Gasteiger partial charge in [0.2, 0.25) is 0 Å². The van der Waals surface area contributed by atoms with Gasteiger partial charge >= 0.3 is 0 Å². The smallest absolute Gasteiger partial charge is 0.124 e. The summed E-state index contributed by atoms with van der Waals surface area (Å²) in [7, 11) is 0. The van der Waals surface area contributed by atoms with Crippen LogP contribution in [0.3, 0.4) is 0 Å². The number of nitrogens with two attached hydrogens (primary N) is 1. The second-order valence-corrected chi connectivity index (χ2v) is 5.52. The van der Waals surface area contributed by atoms with Gasteiger partial charge in [0.25, 0.3) is 0 Å². The van der Waals surface area contributed by atoms with Crippen LogP contribution >= 0.6 is 15.9 Å². The molecule has 18 heavy (non-hydrogen) atoms. The molecule has 1 saturated heterocycles. The van der Waals surface area contributed by atoms with E-state index in [0.717, 1.165) is 42.5 Å². The molecule has 0 spiro atoms. The molecule has 1 aliphatic rings. The lowest BCUT2D eigenvalue weighted by Crippen LogP contribution is -2.44. The predicted octanol–water partition coefficient (Wildman–Crippen LogP) is 2.39. The Labute approximate surface area is 115 Å². The van der Waals surface area contributed by atoms with Crippen LogP contribution in [-0.2, 0) is 11.2 Å². The zero-order valence-electron chi connectivity index (χ0n) is 10.2. The van der Waals surface area contributed by atoms with Crippen molar-refractivity contribution in [1.29, 1.82) is 0 Å². The number of benzene rings is 1. The molecular formula is C13H18BrFN2O. The van der Waals surface area contributed by atoms with E-state index in [1.54, 1.807) is 0 Å². The van der Waals surface area contributed by atoms with Crippen molar-refractivity contribution >= 4 is 15.9 Å². The van der Waals surface area contributed by atoms with Crippen molar-refractivity contribution in [2.75, 3.05) is 13.2 Å². The minimum absolute atomic E-state index is 0.204. The molecule has 0 aromatic heterocycles. The predicted molar refractivity (Wildman–Crippen MR) is 72.5 cm³/mol. The van der Waals surface area contributed by atoms with Gasteiger partial charge in [0, 0.05) is 23.7 Å². The van der Waals surface area contributed by atoms with Gasteiger partial charge in [0.05, 0.1) is 0 Å². The molecule has 1 fully saturated rings. The van der Waals surface area contributed by atoms with Crippen molar-refractivity contribution in [3.05, 3.63) is 34.1 Å². The average molecular weight is 317 g/mol. The van der Waals surface area contributed by atoms with Crippen molar-refractivity contribution in [3.8, 4) is 0 Å². The first-order valence-corrected chi connectivity index (χ1v) is 6.98. The van der Waals surface area contributed by atoms with Gasteiger partial charge in [0.1, 0.15) is 5.82 Å². The highest BCUT2D eigenvalue weighted by Crippen LogP contribution is 2.25. The quantitative estimate of drug-likeness (QED) is 0.662. The Kier molecular flexibility index (Phi) is 5.12. The zero-order valence-corrected chi connectivity index (χ0v) is 11.7. The molecule has 3 N–H and O–H groups in total. The molecule has 3 nitrogen and oxygen atoms in total. The van der Waals surface area contributed by atoms with E-state index in [1.165, 1.54) is 12.1 Å². The van der Waals surface area contributed by atoms with Crippen LogP contribution in [0.2, 0.25) is 0 Å². The molecule has 0 saturated carbocycles. The fourth-order valence-electron chi connectivity index (χ4n) is 2.40. The van der Waals surface area contributed by atoms with Crippen molar-refractivity contribution in [2.45, 2.75) is 25.3 Å². The Hall–Kier alpha value is -0.490. The zero-order chi connectivity index (χ0) is 13.0. The lowest BCUT2D eigenvalue weighted by Gasteiger charge is -2.30. The van der Waals surface area contributed by atoms with E-state index in [9.17, 15) is 4.39 Å². The summed E-state index contributed by atoms with van der Waals surface area (Å²) >= 11 is 3.40. The van der Waals surface area contributed by atoms with E-state index in [4.69, 9.17) is 10.6 Å². The maximum absolute atomic E-state index is 13.0. The highest BCUT2D eigenvalue weighted by Gasteiger charge is 2.23. The summed E-state index contributed by atoms with van der Waals surface area (Å²) in [6.45, 7) is 1.60. The average Bonchev–Trinajstić information content (AvgIpc) is 2.39. The topological polar surface area (TPSA) is 47.3 Å². The number of hydrogen-bond donors (Lipinski definition) is 2. The van der Waals surface area contributed by atoms with Gasteiger partial charge in [-0.25, -0.2) is 4.39 Å². The molecule has 2 rings (SSSR count). The Bertz CT molecular complexity index is 397. The van der Waals surface area contributed by atoms with Crippen LogP contribution in [0.25, 0.3) is 0 Å². The number of ether oxygens (including phenoxy) is 1. The van der Waals surface area contributed by atoms with Crippen LogP contribution in [0.15, 0.2) is 22.7 Å². The third kappa shape index (κ3) is 3.51. The highest BCUT2D eigenvalue weighted by atomic mass is 79.9. The van der Waals surface area contributed by atoms with Gasteiger partial charge in [-0.05, 0) is 42.9 Å². The molecule has 0 radical (unpaired) electrons. The standard InChI is InChI=1S/C13H18BrFN2O/c14-12-8-11(15)2-1-10(12)7-13(17-16)9-3-5-18-6-4-9/h1-2,8-9,13,17H,3-7,16H2. The summed E-state index contributed by atoms with van der Waals surface area (Å²) in [6.07, 6.45) is 2.84. The van der Waals surface area contributed by atoms with E-state index >= 15 is 0 Å². The summed E-state index contributed by atoms with van der Waals surface area (Å²) in [5.74, 6) is 5.94. The molecule has 0 amide bonds. The van der Waals surface area contributed by atoms with Crippen molar-refractivity contribution in [3.63, 3.8) is 0 Å². The van der Waals surface area contributed by atoms with Crippen LogP contribution < -0.4 is 11.3 Å². The molecule has 1 atom stereocenters. The second kappa shape index (κ2) is 6.61. The minimum Gasteiger partial charge on any atom is -0.381 e. The van der Waals surface area contributed by atoms with Crippen molar-refractivity contribution < 1.29 is 9.13 Å². The highest BCUT2D eigenvalue weighted by molar-refractivity contribution is 9.10. The molecule has 100 valence electrons. The first-order valence-electron chi connectivity index (χ1n) is 6.18. The lowest BCUT2D eigenvalue weighted by molar-refractivity contribution is 0.0537. The normalized spacial score (nSPS) is 18.8. The largest absolute Gasteiger partial charge is 0.381 e. The number of hydrazine groups is 1. The first kappa shape index (κ1) is 13.9. The lowest BCUT2D eigenvalue weighted by atomic mass is 9.88. The van der Waals surface area contributed by atoms with E-state index < -0.39 is 0 Å². The number of rotatable bonds is 4. The summed E-state index contributed by atoms with van der Waals surface area (Å²) in [4.78, 5) is 0. The molecule has 0 aliphatic carbocycles. The minimum atomic E-state index is -0.228. The van der Waals surface area contributed by atoms with Gasteiger partial charge < -0.3 is 4.74 Å². The van der Waals surface area contributed by atoms with Gasteiger partial charge in [0.15, 0.2) is 0 Å². The Morgan fingerprint density at radius 2 is 2.17 bits per heavy atom. The van der Waals surface area contributed by atoms with Crippen LogP contribution in [0, 0.1) is 11.7 Å². The fraction of sp³-hybridized carbons (Fsp3) is 0.538. The molecule has 5 heteroatoms. The maximum atomic E-state index is 13.0. The van der Waals surface area contributed by atoms with Crippen molar-refractivity contribution in [1.82, 2.24) is 5.43 Å². The first-order chi connectivity index (χ1) is 8.70. The van der Waals surface area contributed by atoms with Gasteiger partial charge in [-0.1, -0.05) is 22.0 Å².